The largest absolute Gasteiger partial charge is 0.392 e. The molecule has 3 rings (SSSR count). The van der Waals surface area contributed by atoms with E-state index in [0.29, 0.717) is 18.1 Å². The number of hydrogen-bond donors (Lipinski definition) is 2. The third kappa shape index (κ3) is 2.48. The first-order chi connectivity index (χ1) is 9.76. The molecule has 0 unspecified atom stereocenters. The number of allylic oxidation sites excluding steroid dienone is 2. The van der Waals surface area contributed by atoms with Crippen molar-refractivity contribution in [1.29, 1.82) is 0 Å². The van der Waals surface area contributed by atoms with Crippen LogP contribution in [0.5, 0.6) is 0 Å². The lowest BCUT2D eigenvalue weighted by atomic mass is 10.2. The van der Waals surface area contributed by atoms with Gasteiger partial charge in [0.15, 0.2) is 0 Å². The Hall–Kier alpha value is -2.40. The molecule has 0 aromatic heterocycles. The lowest BCUT2D eigenvalue weighted by molar-refractivity contribution is 0.319. The molecular weight excluding hydrogens is 257 g/mol. The molecule has 0 amide bonds. The van der Waals surface area contributed by atoms with Gasteiger partial charge in [0, 0.05) is 17.5 Å². The summed E-state index contributed by atoms with van der Waals surface area (Å²) in [5, 5.41) is 12.5. The molecule has 0 fully saturated rings. The molecule has 0 atom stereocenters. The Bertz CT molecular complexity index is 646. The fourth-order valence-corrected chi connectivity index (χ4v) is 2.12. The average Bonchev–Trinajstić information content (AvgIpc) is 2.46. The highest BCUT2D eigenvalue weighted by Crippen LogP contribution is 2.21. The van der Waals surface area contributed by atoms with Crippen LogP contribution in [0.4, 0.5) is 10.1 Å². The minimum Gasteiger partial charge on any atom is -0.392 e. The number of rotatable bonds is 3. The first-order valence-electron chi connectivity index (χ1n) is 6.32. The lowest BCUT2D eigenvalue weighted by Gasteiger charge is -2.29. The summed E-state index contributed by atoms with van der Waals surface area (Å²) in [5.74, 6) is 1.06. The van der Waals surface area contributed by atoms with E-state index in [0.717, 1.165) is 11.4 Å². The van der Waals surface area contributed by atoms with Crippen LogP contribution in [-0.2, 0) is 0 Å². The van der Waals surface area contributed by atoms with E-state index in [9.17, 15) is 9.50 Å². The van der Waals surface area contributed by atoms with Gasteiger partial charge in [-0.1, -0.05) is 12.1 Å². The number of benzene rings is 1. The number of nitrogens with zero attached hydrogens (tertiary/aromatic N) is 2. The maximum atomic E-state index is 13.2. The summed E-state index contributed by atoms with van der Waals surface area (Å²) in [7, 11) is 0. The van der Waals surface area contributed by atoms with Gasteiger partial charge < -0.3 is 15.3 Å². The van der Waals surface area contributed by atoms with Gasteiger partial charge >= 0.3 is 0 Å². The zero-order valence-electron chi connectivity index (χ0n) is 10.8. The van der Waals surface area contributed by atoms with Crippen LogP contribution < -0.4 is 5.32 Å². The standard InChI is InChI=1S/C15H14FN3O/c16-12-4-3-5-13(8-12)17-15-11(10-20)9-19-7-2-1-6-14(19)18-15/h1-8,17,20H,9-10H2. The number of hydrogen-bond acceptors (Lipinski definition) is 4. The second kappa shape index (κ2) is 5.30. The molecular formula is C15H14FN3O. The SMILES string of the molecule is OCC1=C(Nc2cccc(F)c2)N=C2C=CC=CN2C1. The molecule has 5 heteroatoms. The van der Waals surface area contributed by atoms with Crippen molar-refractivity contribution < 1.29 is 9.50 Å². The predicted molar refractivity (Wildman–Crippen MR) is 76.6 cm³/mol. The molecule has 102 valence electrons. The molecule has 2 heterocycles. The predicted octanol–water partition coefficient (Wildman–Crippen LogP) is 2.24. The van der Waals surface area contributed by atoms with Crippen molar-refractivity contribution in [2.45, 2.75) is 0 Å². The Morgan fingerprint density at radius 2 is 2.25 bits per heavy atom. The molecule has 0 bridgehead atoms. The fraction of sp³-hybridized carbons (Fsp3) is 0.133. The molecule has 0 spiro atoms. The van der Waals surface area contributed by atoms with E-state index >= 15 is 0 Å². The molecule has 20 heavy (non-hydrogen) atoms. The van der Waals surface area contributed by atoms with Gasteiger partial charge in [0.2, 0.25) is 0 Å². The summed E-state index contributed by atoms with van der Waals surface area (Å²) in [6, 6.07) is 6.16. The summed E-state index contributed by atoms with van der Waals surface area (Å²) in [6.07, 6.45) is 7.62. The topological polar surface area (TPSA) is 47.9 Å². The highest BCUT2D eigenvalue weighted by atomic mass is 19.1. The summed E-state index contributed by atoms with van der Waals surface area (Å²) < 4.78 is 13.2. The number of anilines is 1. The normalized spacial score (nSPS) is 17.1. The van der Waals surface area contributed by atoms with Crippen LogP contribution in [0, 0.1) is 5.82 Å². The van der Waals surface area contributed by atoms with E-state index < -0.39 is 0 Å². The Balaban J connectivity index is 1.90. The Morgan fingerprint density at radius 3 is 3.05 bits per heavy atom. The van der Waals surface area contributed by atoms with Gasteiger partial charge in [0.05, 0.1) is 13.2 Å². The van der Waals surface area contributed by atoms with Crippen molar-refractivity contribution in [3.63, 3.8) is 0 Å². The molecule has 0 aliphatic carbocycles. The number of halogens is 1. The highest BCUT2D eigenvalue weighted by molar-refractivity contribution is 5.96. The van der Waals surface area contributed by atoms with Gasteiger partial charge in [-0.05, 0) is 30.4 Å². The maximum absolute atomic E-state index is 13.2. The number of amidine groups is 1. The van der Waals surface area contributed by atoms with Crippen molar-refractivity contribution in [2.24, 2.45) is 4.99 Å². The number of aliphatic imine (C=N–C) groups is 1. The average molecular weight is 271 g/mol. The van der Waals surface area contributed by atoms with Gasteiger partial charge in [-0.3, -0.25) is 0 Å². The molecule has 0 saturated carbocycles. The fourth-order valence-electron chi connectivity index (χ4n) is 2.12. The molecule has 2 N–H and O–H groups in total. The molecule has 1 aromatic carbocycles. The molecule has 0 radical (unpaired) electrons. The number of aliphatic hydroxyl groups is 1. The van der Waals surface area contributed by atoms with Crippen LogP contribution >= 0.6 is 0 Å². The number of aliphatic hydroxyl groups excluding tert-OH is 1. The van der Waals surface area contributed by atoms with E-state index in [1.54, 1.807) is 12.1 Å². The Kier molecular flexibility index (Phi) is 3.35. The van der Waals surface area contributed by atoms with E-state index in [4.69, 9.17) is 0 Å². The third-order valence-corrected chi connectivity index (χ3v) is 3.12. The summed E-state index contributed by atoms with van der Waals surface area (Å²) in [6.45, 7) is 0.469. The number of fused-ring (bicyclic) bond motifs is 1. The quantitative estimate of drug-likeness (QED) is 0.886. The van der Waals surface area contributed by atoms with Crippen LogP contribution in [0.25, 0.3) is 0 Å². The highest BCUT2D eigenvalue weighted by Gasteiger charge is 2.19. The minimum absolute atomic E-state index is 0.0948. The Morgan fingerprint density at radius 1 is 1.35 bits per heavy atom. The zero-order valence-corrected chi connectivity index (χ0v) is 10.8. The van der Waals surface area contributed by atoms with Gasteiger partial charge in [0.25, 0.3) is 0 Å². The smallest absolute Gasteiger partial charge is 0.136 e. The monoisotopic (exact) mass is 271 g/mol. The Labute approximate surface area is 116 Å². The van der Waals surface area contributed by atoms with Crippen LogP contribution in [0.1, 0.15) is 0 Å². The van der Waals surface area contributed by atoms with Crippen molar-refractivity contribution in [3.05, 3.63) is 65.9 Å². The summed E-state index contributed by atoms with van der Waals surface area (Å²) in [4.78, 5) is 6.42. The zero-order chi connectivity index (χ0) is 13.9. The minimum atomic E-state index is -0.313. The van der Waals surface area contributed by atoms with Crippen molar-refractivity contribution in [1.82, 2.24) is 4.90 Å². The van der Waals surface area contributed by atoms with Gasteiger partial charge in [-0.15, -0.1) is 0 Å². The second-order valence-corrected chi connectivity index (χ2v) is 4.54. The summed E-state index contributed by atoms with van der Waals surface area (Å²) in [5.41, 5.74) is 1.37. The van der Waals surface area contributed by atoms with E-state index in [-0.39, 0.29) is 12.4 Å². The third-order valence-electron chi connectivity index (χ3n) is 3.12. The first-order valence-corrected chi connectivity index (χ1v) is 6.32. The van der Waals surface area contributed by atoms with Crippen molar-refractivity contribution >= 4 is 11.5 Å². The molecule has 1 aromatic rings. The molecule has 4 nitrogen and oxygen atoms in total. The van der Waals surface area contributed by atoms with Gasteiger partial charge in [-0.25, -0.2) is 9.38 Å². The maximum Gasteiger partial charge on any atom is 0.136 e. The van der Waals surface area contributed by atoms with Crippen LogP contribution in [-0.4, -0.2) is 29.0 Å². The van der Waals surface area contributed by atoms with Gasteiger partial charge in [-0.2, -0.15) is 0 Å². The second-order valence-electron chi connectivity index (χ2n) is 4.54. The number of nitrogens with one attached hydrogen (secondary N) is 1. The van der Waals surface area contributed by atoms with Crippen LogP contribution in [0.15, 0.2) is 65.1 Å². The lowest BCUT2D eigenvalue weighted by Crippen LogP contribution is -2.33. The van der Waals surface area contributed by atoms with Crippen LogP contribution in [0.2, 0.25) is 0 Å². The first kappa shape index (κ1) is 12.6. The molecule has 2 aliphatic heterocycles. The van der Waals surface area contributed by atoms with E-state index in [1.165, 1.54) is 12.1 Å². The summed E-state index contributed by atoms with van der Waals surface area (Å²) >= 11 is 0. The molecule has 2 aliphatic rings. The van der Waals surface area contributed by atoms with E-state index in [1.807, 2.05) is 29.3 Å². The van der Waals surface area contributed by atoms with Gasteiger partial charge in [0.1, 0.15) is 17.5 Å². The molecule has 0 saturated heterocycles. The van der Waals surface area contributed by atoms with Crippen LogP contribution in [0.3, 0.4) is 0 Å². The van der Waals surface area contributed by atoms with E-state index in [2.05, 4.69) is 10.3 Å². The van der Waals surface area contributed by atoms with Crippen molar-refractivity contribution in [3.8, 4) is 0 Å². The van der Waals surface area contributed by atoms with Crippen molar-refractivity contribution in [2.75, 3.05) is 18.5 Å².